The smallest absolute Gasteiger partial charge is 0.241 e. The molecule has 21 heavy (non-hydrogen) atoms. The number of hydrogen-bond acceptors (Lipinski definition) is 5. The van der Waals surface area contributed by atoms with E-state index >= 15 is 0 Å². The first-order valence-corrected chi connectivity index (χ1v) is 7.69. The SMILES string of the molecule is CC(C(=O)NN)c1ccc(CN(C)Cc2cscn2)cc1. The summed E-state index contributed by atoms with van der Waals surface area (Å²) in [6.07, 6.45) is 0. The molecular formula is C15H20N4OS. The van der Waals surface area contributed by atoms with Crippen LogP contribution < -0.4 is 11.3 Å². The molecular weight excluding hydrogens is 284 g/mol. The summed E-state index contributed by atoms with van der Waals surface area (Å²) in [4.78, 5) is 18.0. The van der Waals surface area contributed by atoms with Crippen molar-refractivity contribution in [1.82, 2.24) is 15.3 Å². The minimum Gasteiger partial charge on any atom is -0.296 e. The number of nitrogens with one attached hydrogen (secondary N) is 1. The van der Waals surface area contributed by atoms with Crippen LogP contribution in [0.25, 0.3) is 0 Å². The molecule has 0 radical (unpaired) electrons. The predicted molar refractivity (Wildman–Crippen MR) is 84.5 cm³/mol. The van der Waals surface area contributed by atoms with E-state index in [-0.39, 0.29) is 11.8 Å². The van der Waals surface area contributed by atoms with E-state index in [2.05, 4.69) is 27.7 Å². The van der Waals surface area contributed by atoms with E-state index in [1.807, 2.05) is 36.7 Å². The van der Waals surface area contributed by atoms with Crippen molar-refractivity contribution in [3.8, 4) is 0 Å². The highest BCUT2D eigenvalue weighted by Gasteiger charge is 2.13. The Bertz CT molecular complexity index is 568. The van der Waals surface area contributed by atoms with Gasteiger partial charge in [-0.25, -0.2) is 10.8 Å². The van der Waals surface area contributed by atoms with Gasteiger partial charge in [0.1, 0.15) is 0 Å². The molecule has 1 amide bonds. The van der Waals surface area contributed by atoms with E-state index < -0.39 is 0 Å². The van der Waals surface area contributed by atoms with Gasteiger partial charge < -0.3 is 0 Å². The van der Waals surface area contributed by atoms with Crippen LogP contribution in [0.1, 0.15) is 29.7 Å². The molecule has 112 valence electrons. The summed E-state index contributed by atoms with van der Waals surface area (Å²) in [6.45, 7) is 3.51. The number of nitrogens with two attached hydrogens (primary N) is 1. The molecule has 1 aromatic heterocycles. The van der Waals surface area contributed by atoms with Gasteiger partial charge in [0.15, 0.2) is 0 Å². The highest BCUT2D eigenvalue weighted by Crippen LogP contribution is 2.17. The fourth-order valence-electron chi connectivity index (χ4n) is 2.15. The summed E-state index contributed by atoms with van der Waals surface area (Å²) in [5.41, 5.74) is 7.29. The lowest BCUT2D eigenvalue weighted by Crippen LogP contribution is -2.33. The summed E-state index contributed by atoms with van der Waals surface area (Å²) >= 11 is 1.61. The summed E-state index contributed by atoms with van der Waals surface area (Å²) in [7, 11) is 2.07. The summed E-state index contributed by atoms with van der Waals surface area (Å²) in [5, 5.41) is 2.06. The second kappa shape index (κ2) is 7.31. The highest BCUT2D eigenvalue weighted by atomic mass is 32.1. The van der Waals surface area contributed by atoms with E-state index in [0.717, 1.165) is 24.3 Å². The number of carbonyl (C=O) groups is 1. The Hall–Kier alpha value is -1.76. The van der Waals surface area contributed by atoms with Gasteiger partial charge in [-0.15, -0.1) is 11.3 Å². The molecule has 2 aromatic rings. The Morgan fingerprint density at radius 1 is 1.38 bits per heavy atom. The normalized spacial score (nSPS) is 12.4. The molecule has 2 rings (SSSR count). The van der Waals surface area contributed by atoms with Crippen molar-refractivity contribution in [2.75, 3.05) is 7.05 Å². The second-order valence-electron chi connectivity index (χ2n) is 5.12. The topological polar surface area (TPSA) is 71.2 Å². The number of nitrogens with zero attached hydrogens (tertiary/aromatic N) is 2. The lowest BCUT2D eigenvalue weighted by atomic mass is 9.99. The van der Waals surface area contributed by atoms with Crippen LogP contribution in [0.2, 0.25) is 0 Å². The number of benzene rings is 1. The third kappa shape index (κ3) is 4.35. The molecule has 0 aliphatic carbocycles. The van der Waals surface area contributed by atoms with Crippen molar-refractivity contribution in [3.05, 3.63) is 52.0 Å². The minimum absolute atomic E-state index is 0.177. The van der Waals surface area contributed by atoms with E-state index in [1.54, 1.807) is 11.3 Å². The minimum atomic E-state index is -0.239. The van der Waals surface area contributed by atoms with Gasteiger partial charge in [-0.05, 0) is 25.1 Å². The Labute approximate surface area is 128 Å². The summed E-state index contributed by atoms with van der Waals surface area (Å²) in [6, 6.07) is 8.05. The first-order valence-electron chi connectivity index (χ1n) is 6.75. The molecule has 1 atom stereocenters. The second-order valence-corrected chi connectivity index (χ2v) is 5.84. The number of thiazole rings is 1. The zero-order valence-corrected chi connectivity index (χ0v) is 13.1. The van der Waals surface area contributed by atoms with Crippen molar-refractivity contribution in [1.29, 1.82) is 0 Å². The van der Waals surface area contributed by atoms with Gasteiger partial charge >= 0.3 is 0 Å². The van der Waals surface area contributed by atoms with Gasteiger partial charge in [0.2, 0.25) is 5.91 Å². The molecule has 0 saturated heterocycles. The lowest BCUT2D eigenvalue weighted by molar-refractivity contribution is -0.122. The molecule has 0 aliphatic heterocycles. The number of hydrazine groups is 1. The van der Waals surface area contributed by atoms with E-state index in [4.69, 9.17) is 5.84 Å². The first kappa shape index (κ1) is 15.6. The first-order chi connectivity index (χ1) is 10.1. The lowest BCUT2D eigenvalue weighted by Gasteiger charge is -2.16. The number of aromatic nitrogens is 1. The summed E-state index contributed by atoms with van der Waals surface area (Å²) in [5.74, 6) is 4.74. The number of rotatable bonds is 6. The van der Waals surface area contributed by atoms with Crippen molar-refractivity contribution in [2.24, 2.45) is 5.84 Å². The average molecular weight is 304 g/mol. The molecule has 1 heterocycles. The monoisotopic (exact) mass is 304 g/mol. The van der Waals surface area contributed by atoms with E-state index in [9.17, 15) is 4.79 Å². The molecule has 6 heteroatoms. The molecule has 1 unspecified atom stereocenters. The van der Waals surface area contributed by atoms with Crippen LogP contribution in [0.15, 0.2) is 35.2 Å². The molecule has 3 N–H and O–H groups in total. The van der Waals surface area contributed by atoms with Gasteiger partial charge in [0.05, 0.1) is 17.1 Å². The van der Waals surface area contributed by atoms with Crippen molar-refractivity contribution in [3.63, 3.8) is 0 Å². The van der Waals surface area contributed by atoms with Gasteiger partial charge in [-0.2, -0.15) is 0 Å². The van der Waals surface area contributed by atoms with Crippen LogP contribution >= 0.6 is 11.3 Å². The molecule has 0 aliphatic rings. The molecule has 0 saturated carbocycles. The van der Waals surface area contributed by atoms with Gasteiger partial charge in [-0.1, -0.05) is 24.3 Å². The maximum Gasteiger partial charge on any atom is 0.241 e. The maximum atomic E-state index is 11.5. The highest BCUT2D eigenvalue weighted by molar-refractivity contribution is 7.07. The number of hydrogen-bond donors (Lipinski definition) is 2. The fraction of sp³-hybridized carbons (Fsp3) is 0.333. The van der Waals surface area contributed by atoms with Gasteiger partial charge in [0, 0.05) is 18.5 Å². The maximum absolute atomic E-state index is 11.5. The Kier molecular flexibility index (Phi) is 5.44. The number of carbonyl (C=O) groups excluding carboxylic acids is 1. The molecule has 0 fully saturated rings. The van der Waals surface area contributed by atoms with Crippen LogP contribution in [0.4, 0.5) is 0 Å². The average Bonchev–Trinajstić information content (AvgIpc) is 2.99. The molecule has 1 aromatic carbocycles. The third-order valence-electron chi connectivity index (χ3n) is 3.38. The third-order valence-corrected chi connectivity index (χ3v) is 4.02. The van der Waals surface area contributed by atoms with Crippen LogP contribution in [0.3, 0.4) is 0 Å². The summed E-state index contributed by atoms with van der Waals surface area (Å²) < 4.78 is 0. The number of amides is 1. The van der Waals surface area contributed by atoms with Crippen molar-refractivity contribution < 1.29 is 4.79 Å². The van der Waals surface area contributed by atoms with Crippen LogP contribution in [0, 0.1) is 0 Å². The Balaban J connectivity index is 1.94. The van der Waals surface area contributed by atoms with Crippen LogP contribution in [0.5, 0.6) is 0 Å². The van der Waals surface area contributed by atoms with Crippen molar-refractivity contribution >= 4 is 17.2 Å². The standard InChI is InChI=1S/C15H20N4OS/c1-11(15(20)18-16)13-5-3-12(4-6-13)7-19(2)8-14-9-21-10-17-14/h3-6,9-11H,7-8,16H2,1-2H3,(H,18,20). The fourth-order valence-corrected chi connectivity index (χ4v) is 2.70. The zero-order chi connectivity index (χ0) is 15.2. The predicted octanol–water partition coefficient (Wildman–Crippen LogP) is 1.87. The zero-order valence-electron chi connectivity index (χ0n) is 12.2. The molecule has 0 bridgehead atoms. The van der Waals surface area contributed by atoms with Crippen LogP contribution in [-0.2, 0) is 17.9 Å². The van der Waals surface area contributed by atoms with E-state index in [1.165, 1.54) is 5.56 Å². The molecule has 0 spiro atoms. The van der Waals surface area contributed by atoms with Gasteiger partial charge in [0.25, 0.3) is 0 Å². The Morgan fingerprint density at radius 3 is 2.67 bits per heavy atom. The van der Waals surface area contributed by atoms with Crippen molar-refractivity contribution in [2.45, 2.75) is 25.9 Å². The quantitative estimate of drug-likeness (QED) is 0.485. The van der Waals surface area contributed by atoms with E-state index in [0.29, 0.717) is 0 Å². The molecule has 5 nitrogen and oxygen atoms in total. The van der Waals surface area contributed by atoms with Crippen LogP contribution in [-0.4, -0.2) is 22.8 Å². The largest absolute Gasteiger partial charge is 0.296 e. The Morgan fingerprint density at radius 2 is 2.10 bits per heavy atom. The van der Waals surface area contributed by atoms with Gasteiger partial charge in [-0.3, -0.25) is 15.1 Å².